The molecule has 1 unspecified atom stereocenters. The Morgan fingerprint density at radius 2 is 2.19 bits per heavy atom. The van der Waals surface area contributed by atoms with Gasteiger partial charge in [0.2, 0.25) is 0 Å². The molecule has 0 amide bonds. The minimum atomic E-state index is -0.152. The van der Waals surface area contributed by atoms with E-state index in [1.54, 1.807) is 0 Å². The lowest BCUT2D eigenvalue weighted by Crippen LogP contribution is -2.20. The van der Waals surface area contributed by atoms with Crippen molar-refractivity contribution in [3.63, 3.8) is 0 Å². The van der Waals surface area contributed by atoms with Crippen LogP contribution >= 0.6 is 15.9 Å². The summed E-state index contributed by atoms with van der Waals surface area (Å²) in [6, 6.07) is 8.44. The molecule has 2 nitrogen and oxygen atoms in total. The topological polar surface area (TPSA) is 18.5 Å². The van der Waals surface area contributed by atoms with E-state index < -0.39 is 0 Å². The number of benzene rings is 1. The molecule has 0 spiro atoms. The fourth-order valence-corrected chi connectivity index (χ4v) is 2.91. The quantitative estimate of drug-likeness (QED) is 0.623. The van der Waals surface area contributed by atoms with Gasteiger partial charge in [-0.3, -0.25) is 0 Å². The summed E-state index contributed by atoms with van der Waals surface area (Å²) in [5.74, 6) is 0. The van der Waals surface area contributed by atoms with Crippen molar-refractivity contribution in [3.05, 3.63) is 35.4 Å². The van der Waals surface area contributed by atoms with E-state index in [9.17, 15) is 0 Å². The molecule has 0 radical (unpaired) electrons. The summed E-state index contributed by atoms with van der Waals surface area (Å²) in [6.45, 7) is 4.61. The monoisotopic (exact) mass is 284 g/mol. The van der Waals surface area contributed by atoms with E-state index in [-0.39, 0.29) is 12.4 Å². The number of alkyl halides is 1. The van der Waals surface area contributed by atoms with Gasteiger partial charge in [0, 0.05) is 11.4 Å². The molecule has 0 heterocycles. The van der Waals surface area contributed by atoms with E-state index in [1.165, 1.54) is 11.1 Å². The van der Waals surface area contributed by atoms with E-state index in [4.69, 9.17) is 9.47 Å². The van der Waals surface area contributed by atoms with Gasteiger partial charge in [0.15, 0.2) is 6.29 Å². The van der Waals surface area contributed by atoms with Gasteiger partial charge in [-0.1, -0.05) is 40.2 Å². The van der Waals surface area contributed by atoms with Crippen LogP contribution in [0.2, 0.25) is 0 Å². The minimum Gasteiger partial charge on any atom is -0.353 e. The minimum absolute atomic E-state index is 0.109. The van der Waals surface area contributed by atoms with Crippen LogP contribution in [0.4, 0.5) is 0 Å². The van der Waals surface area contributed by atoms with Crippen molar-refractivity contribution in [2.24, 2.45) is 0 Å². The van der Waals surface area contributed by atoms with Crippen molar-refractivity contribution in [1.29, 1.82) is 0 Å². The normalized spacial score (nSPS) is 25.4. The van der Waals surface area contributed by atoms with Crippen molar-refractivity contribution in [2.45, 2.75) is 37.5 Å². The maximum absolute atomic E-state index is 5.92. The molecule has 0 bridgehead atoms. The first-order valence-corrected chi connectivity index (χ1v) is 6.63. The second kappa shape index (κ2) is 5.30. The van der Waals surface area contributed by atoms with Gasteiger partial charge in [-0.2, -0.15) is 0 Å². The fraction of sp³-hybridized carbons (Fsp3) is 0.538. The zero-order valence-electron chi connectivity index (χ0n) is 9.65. The third-order valence-corrected chi connectivity index (χ3v) is 3.65. The average molecular weight is 285 g/mol. The zero-order valence-corrected chi connectivity index (χ0v) is 11.2. The lowest BCUT2D eigenvalue weighted by Gasteiger charge is -2.21. The van der Waals surface area contributed by atoms with E-state index in [1.807, 2.05) is 13.8 Å². The molecule has 1 aromatic carbocycles. The highest BCUT2D eigenvalue weighted by atomic mass is 79.9. The van der Waals surface area contributed by atoms with Crippen LogP contribution in [0.3, 0.4) is 0 Å². The summed E-state index contributed by atoms with van der Waals surface area (Å²) in [5.41, 5.74) is 2.66. The maximum atomic E-state index is 5.92. The number of hydrogen-bond acceptors (Lipinski definition) is 2. The van der Waals surface area contributed by atoms with E-state index in [2.05, 4.69) is 40.2 Å². The molecule has 1 aromatic rings. The number of ether oxygens (including phenoxy) is 2. The molecule has 88 valence electrons. The van der Waals surface area contributed by atoms with Gasteiger partial charge in [0.05, 0.1) is 6.10 Å². The average Bonchev–Trinajstić information content (AvgIpc) is 2.56. The third kappa shape index (κ3) is 2.47. The molecule has 3 atom stereocenters. The first-order chi connectivity index (χ1) is 7.72. The molecule has 0 N–H and O–H groups in total. The van der Waals surface area contributed by atoms with Crippen LogP contribution in [-0.2, 0) is 15.9 Å². The van der Waals surface area contributed by atoms with Gasteiger partial charge < -0.3 is 9.47 Å². The van der Waals surface area contributed by atoms with Crippen molar-refractivity contribution >= 4 is 15.9 Å². The van der Waals surface area contributed by atoms with Gasteiger partial charge in [0.25, 0.3) is 0 Å². The van der Waals surface area contributed by atoms with Crippen LogP contribution in [0.5, 0.6) is 0 Å². The van der Waals surface area contributed by atoms with Gasteiger partial charge in [-0.15, -0.1) is 0 Å². The molecular formula is C13H17BrO2. The van der Waals surface area contributed by atoms with Crippen LogP contribution in [0.1, 0.15) is 31.1 Å². The molecule has 3 heteroatoms. The summed E-state index contributed by atoms with van der Waals surface area (Å²) in [5, 5.41) is 0. The molecule has 1 aliphatic carbocycles. The molecule has 0 fully saturated rings. The van der Waals surface area contributed by atoms with Crippen molar-refractivity contribution < 1.29 is 9.47 Å². The Hall–Kier alpha value is -0.380. The first-order valence-electron chi connectivity index (χ1n) is 5.71. The second-order valence-corrected chi connectivity index (χ2v) is 5.17. The van der Waals surface area contributed by atoms with E-state index >= 15 is 0 Å². The Kier molecular flexibility index (Phi) is 4.00. The molecule has 0 saturated carbocycles. The van der Waals surface area contributed by atoms with E-state index in [0.717, 1.165) is 6.42 Å². The molecular weight excluding hydrogens is 268 g/mol. The first kappa shape index (κ1) is 12.1. The molecule has 2 rings (SSSR count). The Morgan fingerprint density at radius 3 is 2.94 bits per heavy atom. The SMILES string of the molecule is CCOC(C)O[C@@H]1c2ccccc2C[C@H]1Br. The van der Waals surface area contributed by atoms with Crippen LogP contribution in [-0.4, -0.2) is 17.7 Å². The van der Waals surface area contributed by atoms with Gasteiger partial charge in [-0.05, 0) is 31.4 Å². The Bertz CT molecular complexity index is 354. The van der Waals surface area contributed by atoms with Crippen molar-refractivity contribution in [1.82, 2.24) is 0 Å². The summed E-state index contributed by atoms with van der Waals surface area (Å²) in [7, 11) is 0. The molecule has 1 aliphatic rings. The summed E-state index contributed by atoms with van der Waals surface area (Å²) in [4.78, 5) is 0.354. The van der Waals surface area contributed by atoms with Crippen molar-refractivity contribution in [2.75, 3.05) is 6.61 Å². The zero-order chi connectivity index (χ0) is 11.5. The molecule has 16 heavy (non-hydrogen) atoms. The summed E-state index contributed by atoms with van der Waals surface area (Å²) in [6.07, 6.45) is 0.985. The Labute approximate surface area is 105 Å². The predicted molar refractivity (Wildman–Crippen MR) is 67.8 cm³/mol. The van der Waals surface area contributed by atoms with Crippen LogP contribution in [0, 0.1) is 0 Å². The predicted octanol–water partition coefficient (Wildman–Crippen LogP) is 3.45. The Balaban J connectivity index is 2.10. The smallest absolute Gasteiger partial charge is 0.155 e. The maximum Gasteiger partial charge on any atom is 0.155 e. The van der Waals surface area contributed by atoms with Gasteiger partial charge in [0.1, 0.15) is 0 Å². The summed E-state index contributed by atoms with van der Waals surface area (Å²) < 4.78 is 11.3. The summed E-state index contributed by atoms with van der Waals surface area (Å²) >= 11 is 3.68. The number of halogens is 1. The second-order valence-electron chi connectivity index (χ2n) is 4.00. The Morgan fingerprint density at radius 1 is 1.44 bits per heavy atom. The van der Waals surface area contributed by atoms with Crippen molar-refractivity contribution in [3.8, 4) is 0 Å². The molecule has 0 saturated heterocycles. The largest absolute Gasteiger partial charge is 0.353 e. The standard InChI is InChI=1S/C13H17BrO2/c1-3-15-9(2)16-13-11-7-5-4-6-10(11)8-12(13)14/h4-7,9,12-13H,3,8H2,1-2H3/t9?,12-,13-/m1/s1. The number of rotatable bonds is 4. The van der Waals surface area contributed by atoms with Crippen LogP contribution in [0.15, 0.2) is 24.3 Å². The van der Waals surface area contributed by atoms with Crippen LogP contribution in [0.25, 0.3) is 0 Å². The lowest BCUT2D eigenvalue weighted by atomic mass is 10.1. The van der Waals surface area contributed by atoms with Gasteiger partial charge >= 0.3 is 0 Å². The van der Waals surface area contributed by atoms with E-state index in [0.29, 0.717) is 11.4 Å². The molecule has 0 aliphatic heterocycles. The highest BCUT2D eigenvalue weighted by Gasteiger charge is 2.32. The highest BCUT2D eigenvalue weighted by molar-refractivity contribution is 9.09. The molecule has 0 aromatic heterocycles. The highest BCUT2D eigenvalue weighted by Crippen LogP contribution is 2.39. The van der Waals surface area contributed by atoms with Gasteiger partial charge in [-0.25, -0.2) is 0 Å². The lowest BCUT2D eigenvalue weighted by molar-refractivity contribution is -0.156. The number of hydrogen-bond donors (Lipinski definition) is 0. The fourth-order valence-electron chi connectivity index (χ4n) is 2.15. The third-order valence-electron chi connectivity index (χ3n) is 2.84. The number of fused-ring (bicyclic) bond motifs is 1. The van der Waals surface area contributed by atoms with Crippen LogP contribution < -0.4 is 0 Å².